The Kier molecular flexibility index (Phi) is 7.41. The van der Waals surface area contributed by atoms with Crippen LogP contribution in [0.2, 0.25) is 25.7 Å². The molecule has 0 bridgehead atoms. The zero-order valence-electron chi connectivity index (χ0n) is 20.2. The zero-order valence-corrected chi connectivity index (χ0v) is 21.2. The van der Waals surface area contributed by atoms with Crippen molar-refractivity contribution in [3.05, 3.63) is 30.7 Å². The van der Waals surface area contributed by atoms with Crippen LogP contribution in [-0.4, -0.2) is 69.2 Å². The van der Waals surface area contributed by atoms with Gasteiger partial charge in [-0.05, 0) is 31.0 Å². The first-order chi connectivity index (χ1) is 16.6. The fourth-order valence-corrected chi connectivity index (χ4v) is 4.95. The molecular weight excluding hydrogens is 474 g/mol. The number of alkyl halides is 2. The standard InChI is InChI=1S/C23H32F2N6O3Si/c1-35(2,3)12-11-34-15-30-9-6-17-20(27-16-5-4-8-29(14-16)23(32)33)18(13-26-21(17)30)19-7-10-31(28-19)22(24)25/h6-7,9-10,13,16,22H,4-5,8,11-12,14-15H2,1-3H3,(H,26,27)(H,32,33). The summed E-state index contributed by atoms with van der Waals surface area (Å²) in [6.45, 7) is 6.03. The van der Waals surface area contributed by atoms with E-state index in [9.17, 15) is 18.7 Å². The third kappa shape index (κ3) is 5.99. The van der Waals surface area contributed by atoms with E-state index in [1.807, 2.05) is 16.8 Å². The number of carboxylic acid groups (broad SMARTS) is 1. The average Bonchev–Trinajstić information content (AvgIpc) is 3.44. The molecule has 0 aromatic carbocycles. The quantitative estimate of drug-likeness (QED) is 0.307. The summed E-state index contributed by atoms with van der Waals surface area (Å²) in [5.41, 5.74) is 2.35. The van der Waals surface area contributed by atoms with Crippen molar-refractivity contribution in [2.45, 2.75) is 57.8 Å². The zero-order chi connectivity index (χ0) is 25.2. The van der Waals surface area contributed by atoms with Crippen molar-refractivity contribution >= 4 is 30.9 Å². The minimum Gasteiger partial charge on any atom is -0.465 e. The second-order valence-corrected chi connectivity index (χ2v) is 15.7. The van der Waals surface area contributed by atoms with Gasteiger partial charge in [0.15, 0.2) is 0 Å². The molecule has 3 aromatic heterocycles. The van der Waals surface area contributed by atoms with Gasteiger partial charge in [-0.25, -0.2) is 14.5 Å². The van der Waals surface area contributed by atoms with Gasteiger partial charge in [0, 0.05) is 63.4 Å². The van der Waals surface area contributed by atoms with Crippen LogP contribution in [0.25, 0.3) is 22.3 Å². The number of aromatic nitrogens is 4. The van der Waals surface area contributed by atoms with Gasteiger partial charge in [0.2, 0.25) is 0 Å². The number of piperidine rings is 1. The van der Waals surface area contributed by atoms with Crippen molar-refractivity contribution in [3.8, 4) is 11.3 Å². The first kappa shape index (κ1) is 25.1. The lowest BCUT2D eigenvalue weighted by Gasteiger charge is -2.32. The third-order valence-electron chi connectivity index (χ3n) is 6.14. The Morgan fingerprint density at radius 3 is 2.80 bits per heavy atom. The Labute approximate surface area is 203 Å². The number of likely N-dealkylation sites (tertiary alicyclic amines) is 1. The number of anilines is 1. The molecule has 1 amide bonds. The Morgan fingerprint density at radius 2 is 2.11 bits per heavy atom. The predicted octanol–water partition coefficient (Wildman–Crippen LogP) is 5.16. The fraction of sp³-hybridized carbons (Fsp3) is 0.522. The van der Waals surface area contributed by atoms with E-state index in [1.54, 1.807) is 6.20 Å². The van der Waals surface area contributed by atoms with Crippen LogP contribution in [0.4, 0.5) is 19.3 Å². The SMILES string of the molecule is C[Si](C)(C)CCOCn1ccc2c(NC3CCCN(C(=O)O)C3)c(-c3ccn(C(F)F)n3)cnc21. The topological polar surface area (TPSA) is 97.4 Å². The van der Waals surface area contributed by atoms with Crippen molar-refractivity contribution in [2.24, 2.45) is 0 Å². The van der Waals surface area contributed by atoms with Gasteiger partial charge >= 0.3 is 12.6 Å². The number of ether oxygens (including phenoxy) is 1. The van der Waals surface area contributed by atoms with Crippen LogP contribution in [0.15, 0.2) is 30.7 Å². The molecule has 1 aliphatic rings. The summed E-state index contributed by atoms with van der Waals surface area (Å²) >= 11 is 0. The Hall–Kier alpha value is -2.99. The molecule has 0 spiro atoms. The van der Waals surface area contributed by atoms with E-state index in [0.29, 0.717) is 53.7 Å². The maximum Gasteiger partial charge on any atom is 0.407 e. The van der Waals surface area contributed by atoms with Crippen molar-refractivity contribution in [2.75, 3.05) is 25.0 Å². The molecule has 3 aromatic rings. The molecule has 0 radical (unpaired) electrons. The molecule has 12 heteroatoms. The molecule has 0 aliphatic carbocycles. The highest BCUT2D eigenvalue weighted by Gasteiger charge is 2.26. The number of carbonyl (C=O) groups is 1. The maximum absolute atomic E-state index is 13.2. The van der Waals surface area contributed by atoms with Crippen molar-refractivity contribution < 1.29 is 23.4 Å². The molecule has 0 saturated carbocycles. The van der Waals surface area contributed by atoms with Gasteiger partial charge in [-0.15, -0.1) is 0 Å². The number of fused-ring (bicyclic) bond motifs is 1. The summed E-state index contributed by atoms with van der Waals surface area (Å²) in [4.78, 5) is 17.5. The summed E-state index contributed by atoms with van der Waals surface area (Å²) in [5.74, 6) is 0. The van der Waals surface area contributed by atoms with Crippen molar-refractivity contribution in [3.63, 3.8) is 0 Å². The number of hydrogen-bond acceptors (Lipinski definition) is 5. The smallest absolute Gasteiger partial charge is 0.407 e. The second kappa shape index (κ2) is 10.3. The summed E-state index contributed by atoms with van der Waals surface area (Å²) in [7, 11) is -1.20. The number of hydrogen-bond donors (Lipinski definition) is 2. The lowest BCUT2D eigenvalue weighted by atomic mass is 10.0. The predicted molar refractivity (Wildman–Crippen MR) is 133 cm³/mol. The minimum atomic E-state index is -2.74. The van der Waals surface area contributed by atoms with E-state index >= 15 is 0 Å². The molecule has 9 nitrogen and oxygen atoms in total. The van der Waals surface area contributed by atoms with Crippen molar-refractivity contribution in [1.29, 1.82) is 0 Å². The summed E-state index contributed by atoms with van der Waals surface area (Å²) < 4.78 is 34.7. The molecule has 4 heterocycles. The first-order valence-corrected chi connectivity index (χ1v) is 15.5. The molecular formula is C23H32F2N6O3Si. The number of nitrogens with zero attached hydrogens (tertiary/aromatic N) is 5. The van der Waals surface area contributed by atoms with E-state index in [-0.39, 0.29) is 6.04 Å². The highest BCUT2D eigenvalue weighted by atomic mass is 28.3. The normalized spacial score (nSPS) is 16.9. The van der Waals surface area contributed by atoms with Crippen LogP contribution in [0.3, 0.4) is 0 Å². The van der Waals surface area contributed by atoms with E-state index in [0.717, 1.165) is 24.3 Å². The van der Waals surface area contributed by atoms with E-state index < -0.39 is 20.7 Å². The molecule has 1 aliphatic heterocycles. The summed E-state index contributed by atoms with van der Waals surface area (Å²) in [6, 6.07) is 4.38. The van der Waals surface area contributed by atoms with Crippen LogP contribution in [0.5, 0.6) is 0 Å². The molecule has 1 fully saturated rings. The Balaban J connectivity index is 1.65. The van der Waals surface area contributed by atoms with Crippen LogP contribution >= 0.6 is 0 Å². The number of nitrogens with one attached hydrogen (secondary N) is 1. The minimum absolute atomic E-state index is 0.127. The number of amides is 1. The summed E-state index contributed by atoms with van der Waals surface area (Å²) in [6.07, 6.45) is 5.33. The fourth-order valence-electron chi connectivity index (χ4n) is 4.20. The van der Waals surface area contributed by atoms with Gasteiger partial charge in [-0.2, -0.15) is 13.9 Å². The van der Waals surface area contributed by atoms with Crippen LogP contribution < -0.4 is 5.32 Å². The molecule has 1 unspecified atom stereocenters. The molecule has 4 rings (SSSR count). The van der Waals surface area contributed by atoms with Gasteiger partial charge in [0.25, 0.3) is 0 Å². The lowest BCUT2D eigenvalue weighted by molar-refractivity contribution is 0.0568. The average molecular weight is 507 g/mol. The van der Waals surface area contributed by atoms with E-state index in [4.69, 9.17) is 4.74 Å². The van der Waals surface area contributed by atoms with Gasteiger partial charge in [-0.1, -0.05) is 19.6 Å². The number of rotatable bonds is 9. The highest BCUT2D eigenvalue weighted by Crippen LogP contribution is 2.35. The monoisotopic (exact) mass is 506 g/mol. The number of halogens is 2. The molecule has 1 saturated heterocycles. The summed E-state index contributed by atoms with van der Waals surface area (Å²) in [5, 5.41) is 17.7. The molecule has 190 valence electrons. The lowest BCUT2D eigenvalue weighted by Crippen LogP contribution is -2.44. The van der Waals surface area contributed by atoms with Gasteiger partial charge in [0.1, 0.15) is 12.4 Å². The van der Waals surface area contributed by atoms with E-state index in [2.05, 4.69) is 35.0 Å². The second-order valence-electron chi connectivity index (χ2n) is 10.1. The largest absolute Gasteiger partial charge is 0.465 e. The van der Waals surface area contributed by atoms with Gasteiger partial charge in [-0.3, -0.25) is 0 Å². The maximum atomic E-state index is 13.2. The van der Waals surface area contributed by atoms with E-state index in [1.165, 1.54) is 17.2 Å². The number of pyridine rings is 1. The Morgan fingerprint density at radius 1 is 1.31 bits per heavy atom. The van der Waals surface area contributed by atoms with Crippen LogP contribution in [0, 0.1) is 0 Å². The van der Waals surface area contributed by atoms with Gasteiger partial charge in [0.05, 0.1) is 11.4 Å². The first-order valence-electron chi connectivity index (χ1n) is 11.8. The third-order valence-corrected chi connectivity index (χ3v) is 7.84. The van der Waals surface area contributed by atoms with Crippen molar-refractivity contribution in [1.82, 2.24) is 24.2 Å². The van der Waals surface area contributed by atoms with Crippen LogP contribution in [-0.2, 0) is 11.5 Å². The molecule has 35 heavy (non-hydrogen) atoms. The highest BCUT2D eigenvalue weighted by molar-refractivity contribution is 6.76. The Bertz CT molecular complexity index is 1180. The molecule has 1 atom stereocenters. The molecule has 2 N–H and O–H groups in total. The van der Waals surface area contributed by atoms with Crippen LogP contribution in [0.1, 0.15) is 19.4 Å². The van der Waals surface area contributed by atoms with Gasteiger partial charge < -0.3 is 24.6 Å².